The highest BCUT2D eigenvalue weighted by Crippen LogP contribution is 2.37. The SMILES string of the molecule is CN(CC(=O)N1c2ccccc2NC(=O)C1(C)C)C(c1ccccc1)c1ccccc1. The molecular formula is C26H27N3O2. The molecule has 0 spiro atoms. The lowest BCUT2D eigenvalue weighted by atomic mass is 9.95. The monoisotopic (exact) mass is 413 g/mol. The summed E-state index contributed by atoms with van der Waals surface area (Å²) in [5, 5.41) is 2.92. The molecule has 5 nitrogen and oxygen atoms in total. The highest BCUT2D eigenvalue weighted by Gasteiger charge is 2.43. The summed E-state index contributed by atoms with van der Waals surface area (Å²) in [5.74, 6) is -0.309. The van der Waals surface area contributed by atoms with E-state index in [2.05, 4.69) is 29.6 Å². The highest BCUT2D eigenvalue weighted by atomic mass is 16.2. The van der Waals surface area contributed by atoms with Crippen molar-refractivity contribution in [1.29, 1.82) is 0 Å². The van der Waals surface area contributed by atoms with Crippen molar-refractivity contribution < 1.29 is 9.59 Å². The third-order valence-electron chi connectivity index (χ3n) is 5.81. The van der Waals surface area contributed by atoms with E-state index in [1.165, 1.54) is 0 Å². The number of amides is 2. The average Bonchev–Trinajstić information content (AvgIpc) is 2.76. The van der Waals surface area contributed by atoms with Gasteiger partial charge in [-0.05, 0) is 44.2 Å². The maximum atomic E-state index is 13.6. The van der Waals surface area contributed by atoms with Crippen LogP contribution < -0.4 is 10.2 Å². The number of likely N-dealkylation sites (N-methyl/N-ethyl adjacent to an activating group) is 1. The van der Waals surface area contributed by atoms with Gasteiger partial charge in [-0.1, -0.05) is 72.8 Å². The molecule has 3 aromatic rings. The quantitative estimate of drug-likeness (QED) is 0.671. The van der Waals surface area contributed by atoms with Gasteiger partial charge in [0.25, 0.3) is 0 Å². The second-order valence-corrected chi connectivity index (χ2v) is 8.40. The Hall–Kier alpha value is -3.44. The van der Waals surface area contributed by atoms with Gasteiger partial charge >= 0.3 is 0 Å². The van der Waals surface area contributed by atoms with Crippen molar-refractivity contribution in [3.8, 4) is 0 Å². The number of hydrogen-bond donors (Lipinski definition) is 1. The molecule has 0 saturated heterocycles. The summed E-state index contributed by atoms with van der Waals surface area (Å²) < 4.78 is 0. The van der Waals surface area contributed by atoms with Crippen molar-refractivity contribution in [2.75, 3.05) is 23.8 Å². The van der Waals surface area contributed by atoms with Gasteiger partial charge in [-0.3, -0.25) is 19.4 Å². The van der Waals surface area contributed by atoms with E-state index in [9.17, 15) is 9.59 Å². The van der Waals surface area contributed by atoms with E-state index in [1.54, 1.807) is 18.7 Å². The third kappa shape index (κ3) is 3.97. The molecule has 5 heteroatoms. The molecule has 158 valence electrons. The van der Waals surface area contributed by atoms with Crippen LogP contribution in [0.2, 0.25) is 0 Å². The van der Waals surface area contributed by atoms with Gasteiger partial charge in [-0.25, -0.2) is 0 Å². The number of carbonyl (C=O) groups is 2. The molecule has 3 aromatic carbocycles. The number of fused-ring (bicyclic) bond motifs is 1. The van der Waals surface area contributed by atoms with Gasteiger partial charge in [0, 0.05) is 0 Å². The van der Waals surface area contributed by atoms with Gasteiger partial charge in [0.2, 0.25) is 11.8 Å². The molecule has 0 fully saturated rings. The molecule has 1 aliphatic heterocycles. The molecule has 0 atom stereocenters. The summed E-state index contributed by atoms with van der Waals surface area (Å²) in [7, 11) is 1.95. The fourth-order valence-electron chi connectivity index (χ4n) is 4.25. The minimum atomic E-state index is -0.985. The normalized spacial score (nSPS) is 15.0. The zero-order valence-electron chi connectivity index (χ0n) is 18.1. The molecule has 0 unspecified atom stereocenters. The summed E-state index contributed by atoms with van der Waals surface area (Å²) in [5.41, 5.74) is 2.62. The summed E-state index contributed by atoms with van der Waals surface area (Å²) in [6, 6.07) is 27.7. The van der Waals surface area contributed by atoms with Crippen LogP contribution in [-0.4, -0.2) is 35.8 Å². The molecule has 0 radical (unpaired) electrons. The number of hydrogen-bond acceptors (Lipinski definition) is 3. The van der Waals surface area contributed by atoms with E-state index in [4.69, 9.17) is 0 Å². The van der Waals surface area contributed by atoms with E-state index < -0.39 is 5.54 Å². The van der Waals surface area contributed by atoms with Crippen LogP contribution in [0.15, 0.2) is 84.9 Å². The number of para-hydroxylation sites is 2. The second-order valence-electron chi connectivity index (χ2n) is 8.40. The topological polar surface area (TPSA) is 52.7 Å². The molecule has 31 heavy (non-hydrogen) atoms. The van der Waals surface area contributed by atoms with Gasteiger partial charge in [0.05, 0.1) is 24.0 Å². The van der Waals surface area contributed by atoms with Gasteiger partial charge in [0.15, 0.2) is 0 Å². The number of anilines is 2. The number of benzene rings is 3. The van der Waals surface area contributed by atoms with E-state index in [1.807, 2.05) is 72.6 Å². The second kappa shape index (κ2) is 8.36. The Labute approximate surface area is 183 Å². The Morgan fingerprint density at radius 2 is 1.42 bits per heavy atom. The largest absolute Gasteiger partial charge is 0.322 e. The van der Waals surface area contributed by atoms with Gasteiger partial charge < -0.3 is 5.32 Å². The first-order valence-electron chi connectivity index (χ1n) is 10.4. The summed E-state index contributed by atoms with van der Waals surface area (Å²) in [6.07, 6.45) is 0. The predicted octanol–water partition coefficient (Wildman–Crippen LogP) is 4.47. The average molecular weight is 414 g/mol. The molecule has 0 aromatic heterocycles. The molecule has 1 heterocycles. The molecular weight excluding hydrogens is 386 g/mol. The molecule has 1 N–H and O–H groups in total. The fourth-order valence-corrected chi connectivity index (χ4v) is 4.25. The van der Waals surface area contributed by atoms with Crippen molar-refractivity contribution in [2.24, 2.45) is 0 Å². The molecule has 4 rings (SSSR count). The Morgan fingerprint density at radius 3 is 2.00 bits per heavy atom. The van der Waals surface area contributed by atoms with E-state index in [0.717, 1.165) is 16.8 Å². The Balaban J connectivity index is 1.67. The first-order chi connectivity index (χ1) is 14.9. The number of nitrogens with one attached hydrogen (secondary N) is 1. The maximum absolute atomic E-state index is 13.6. The number of nitrogens with zero attached hydrogens (tertiary/aromatic N) is 2. The molecule has 0 aliphatic carbocycles. The molecule has 0 saturated carbocycles. The van der Waals surface area contributed by atoms with E-state index >= 15 is 0 Å². The zero-order chi connectivity index (χ0) is 22.0. The minimum Gasteiger partial charge on any atom is -0.322 e. The number of rotatable bonds is 5. The van der Waals surface area contributed by atoms with Crippen molar-refractivity contribution in [2.45, 2.75) is 25.4 Å². The fraction of sp³-hybridized carbons (Fsp3) is 0.231. The highest BCUT2D eigenvalue weighted by molar-refractivity contribution is 6.14. The lowest BCUT2D eigenvalue weighted by molar-refractivity contribution is -0.127. The first kappa shape index (κ1) is 20.8. The van der Waals surface area contributed by atoms with Crippen LogP contribution in [0.5, 0.6) is 0 Å². The van der Waals surface area contributed by atoms with E-state index in [-0.39, 0.29) is 24.4 Å². The summed E-state index contributed by atoms with van der Waals surface area (Å²) >= 11 is 0. The Bertz CT molecular complexity index is 1040. The lowest BCUT2D eigenvalue weighted by Gasteiger charge is -2.43. The van der Waals surface area contributed by atoms with Gasteiger partial charge in [-0.2, -0.15) is 0 Å². The standard InChI is InChI=1S/C26H27N3O2/c1-26(2)25(31)27-21-16-10-11-17-22(21)29(26)23(30)18-28(3)24(19-12-6-4-7-13-19)20-14-8-5-9-15-20/h4-17,24H,18H2,1-3H3,(H,27,31). The van der Waals surface area contributed by atoms with Crippen LogP contribution in [0.25, 0.3) is 0 Å². The zero-order valence-corrected chi connectivity index (χ0v) is 18.1. The van der Waals surface area contributed by atoms with Crippen molar-refractivity contribution in [3.05, 3.63) is 96.1 Å². The Morgan fingerprint density at radius 1 is 0.903 bits per heavy atom. The van der Waals surface area contributed by atoms with Gasteiger partial charge in [0.1, 0.15) is 5.54 Å². The van der Waals surface area contributed by atoms with Crippen molar-refractivity contribution in [1.82, 2.24) is 4.90 Å². The Kier molecular flexibility index (Phi) is 5.61. The smallest absolute Gasteiger partial charge is 0.250 e. The molecule has 0 bridgehead atoms. The predicted molar refractivity (Wildman–Crippen MR) is 124 cm³/mol. The lowest BCUT2D eigenvalue weighted by Crippen LogP contribution is -2.60. The molecule has 2 amide bonds. The molecule has 1 aliphatic rings. The summed E-state index contributed by atoms with van der Waals surface area (Å²) in [4.78, 5) is 30.0. The van der Waals surface area contributed by atoms with Crippen LogP contribution in [0.4, 0.5) is 11.4 Å². The van der Waals surface area contributed by atoms with Crippen LogP contribution >= 0.6 is 0 Å². The third-order valence-corrected chi connectivity index (χ3v) is 5.81. The van der Waals surface area contributed by atoms with Crippen LogP contribution in [0, 0.1) is 0 Å². The summed E-state index contributed by atoms with van der Waals surface area (Å²) in [6.45, 7) is 3.73. The minimum absolute atomic E-state index is 0.0803. The maximum Gasteiger partial charge on any atom is 0.250 e. The van der Waals surface area contributed by atoms with Crippen molar-refractivity contribution in [3.63, 3.8) is 0 Å². The van der Waals surface area contributed by atoms with Crippen molar-refractivity contribution >= 4 is 23.2 Å². The first-order valence-corrected chi connectivity index (χ1v) is 10.4. The van der Waals surface area contributed by atoms with Crippen LogP contribution in [0.3, 0.4) is 0 Å². The van der Waals surface area contributed by atoms with Gasteiger partial charge in [-0.15, -0.1) is 0 Å². The van der Waals surface area contributed by atoms with Crippen LogP contribution in [-0.2, 0) is 9.59 Å². The number of carbonyl (C=O) groups excluding carboxylic acids is 2. The van der Waals surface area contributed by atoms with Crippen LogP contribution in [0.1, 0.15) is 31.0 Å². The van der Waals surface area contributed by atoms with E-state index in [0.29, 0.717) is 5.69 Å².